The van der Waals surface area contributed by atoms with Gasteiger partial charge in [-0.1, -0.05) is 6.92 Å². The van der Waals surface area contributed by atoms with Crippen molar-refractivity contribution in [2.45, 2.75) is 25.4 Å². The Morgan fingerprint density at radius 2 is 2.40 bits per heavy atom. The lowest BCUT2D eigenvalue weighted by Gasteiger charge is -2.21. The third-order valence-corrected chi connectivity index (χ3v) is 4.48. The normalized spacial score (nSPS) is 21.7. The van der Waals surface area contributed by atoms with E-state index >= 15 is 0 Å². The molecular weight excluding hydrogens is 274 g/mol. The Bertz CT molecular complexity index is 444. The molecule has 1 saturated heterocycles. The number of nitrogens with one attached hydrogen (secondary N) is 2. The number of carbonyl (C=O) groups excluding carboxylic acids is 1. The first-order valence-electron chi connectivity index (χ1n) is 6.91. The van der Waals surface area contributed by atoms with Crippen molar-refractivity contribution in [3.63, 3.8) is 0 Å². The molecule has 2 heterocycles. The predicted molar refractivity (Wildman–Crippen MR) is 82.2 cm³/mol. The van der Waals surface area contributed by atoms with E-state index in [2.05, 4.69) is 15.6 Å². The van der Waals surface area contributed by atoms with Crippen LogP contribution in [0.25, 0.3) is 0 Å². The molecule has 0 bridgehead atoms. The number of pyridine rings is 1. The standard InChI is InChI=1S/C14H21N3O2S/c1-2-6-15-13(18)11-3-4-12(16-8-11)17-9-14(19)5-7-20-10-14/h3-4,8,19H,2,5-7,9-10H2,1H3,(H,15,18)(H,16,17). The number of aromatic nitrogens is 1. The van der Waals surface area contributed by atoms with Crippen molar-refractivity contribution in [3.05, 3.63) is 23.9 Å². The fourth-order valence-electron chi connectivity index (χ4n) is 1.96. The van der Waals surface area contributed by atoms with E-state index in [0.29, 0.717) is 24.5 Å². The molecule has 5 nitrogen and oxygen atoms in total. The maximum Gasteiger partial charge on any atom is 0.252 e. The molecule has 20 heavy (non-hydrogen) atoms. The van der Waals surface area contributed by atoms with Gasteiger partial charge in [0.05, 0.1) is 11.2 Å². The van der Waals surface area contributed by atoms with Gasteiger partial charge in [0.15, 0.2) is 0 Å². The van der Waals surface area contributed by atoms with E-state index in [1.54, 1.807) is 30.1 Å². The highest BCUT2D eigenvalue weighted by atomic mass is 32.2. The monoisotopic (exact) mass is 295 g/mol. The van der Waals surface area contributed by atoms with E-state index in [1.807, 2.05) is 6.92 Å². The number of nitrogens with zero attached hydrogens (tertiary/aromatic N) is 1. The summed E-state index contributed by atoms with van der Waals surface area (Å²) in [5.74, 6) is 2.35. The highest BCUT2D eigenvalue weighted by Crippen LogP contribution is 2.27. The molecule has 0 aliphatic carbocycles. The van der Waals surface area contributed by atoms with Gasteiger partial charge < -0.3 is 15.7 Å². The lowest BCUT2D eigenvalue weighted by atomic mass is 10.0. The summed E-state index contributed by atoms with van der Waals surface area (Å²) in [6.07, 6.45) is 3.28. The number of carbonyl (C=O) groups is 1. The summed E-state index contributed by atoms with van der Waals surface area (Å²) in [7, 11) is 0. The van der Waals surface area contributed by atoms with Crippen molar-refractivity contribution in [1.82, 2.24) is 10.3 Å². The van der Waals surface area contributed by atoms with Crippen LogP contribution in [0, 0.1) is 0 Å². The third kappa shape index (κ3) is 4.11. The van der Waals surface area contributed by atoms with Gasteiger partial charge in [0.25, 0.3) is 5.91 Å². The van der Waals surface area contributed by atoms with Gasteiger partial charge in [0, 0.05) is 25.0 Å². The summed E-state index contributed by atoms with van der Waals surface area (Å²) >= 11 is 1.77. The highest BCUT2D eigenvalue weighted by Gasteiger charge is 2.31. The lowest BCUT2D eigenvalue weighted by molar-refractivity contribution is 0.0819. The zero-order valence-electron chi connectivity index (χ0n) is 11.7. The maximum absolute atomic E-state index is 11.7. The summed E-state index contributed by atoms with van der Waals surface area (Å²) in [4.78, 5) is 15.9. The number of rotatable bonds is 6. The van der Waals surface area contributed by atoms with Crippen LogP contribution in [0.15, 0.2) is 18.3 Å². The molecule has 0 saturated carbocycles. The third-order valence-electron chi connectivity index (χ3n) is 3.24. The van der Waals surface area contributed by atoms with Crippen LogP contribution in [0.5, 0.6) is 0 Å². The van der Waals surface area contributed by atoms with Gasteiger partial charge in [0.2, 0.25) is 0 Å². The lowest BCUT2D eigenvalue weighted by Crippen LogP contribution is -2.36. The summed E-state index contributed by atoms with van der Waals surface area (Å²) in [6, 6.07) is 3.51. The van der Waals surface area contributed by atoms with Crippen LogP contribution >= 0.6 is 11.8 Å². The van der Waals surface area contributed by atoms with Crippen molar-refractivity contribution < 1.29 is 9.90 Å². The molecule has 2 rings (SSSR count). The Balaban J connectivity index is 1.86. The van der Waals surface area contributed by atoms with Crippen LogP contribution in [0.2, 0.25) is 0 Å². The van der Waals surface area contributed by atoms with Crippen LogP contribution in [0.4, 0.5) is 5.82 Å². The van der Waals surface area contributed by atoms with Crippen LogP contribution in [-0.2, 0) is 0 Å². The van der Waals surface area contributed by atoms with Crippen molar-refractivity contribution in [3.8, 4) is 0 Å². The van der Waals surface area contributed by atoms with Crippen LogP contribution in [-0.4, -0.2) is 46.2 Å². The van der Waals surface area contributed by atoms with Crippen molar-refractivity contribution in [2.24, 2.45) is 0 Å². The average molecular weight is 295 g/mol. The Hall–Kier alpha value is -1.27. The van der Waals surface area contributed by atoms with Crippen molar-refractivity contribution in [1.29, 1.82) is 0 Å². The molecule has 3 N–H and O–H groups in total. The minimum atomic E-state index is -0.635. The van der Waals surface area contributed by atoms with E-state index in [9.17, 15) is 9.90 Å². The summed E-state index contributed by atoms with van der Waals surface area (Å²) in [5.41, 5.74) is -0.0806. The van der Waals surface area contributed by atoms with Gasteiger partial charge in [0.1, 0.15) is 5.82 Å². The molecule has 1 atom stereocenters. The van der Waals surface area contributed by atoms with Gasteiger partial charge in [-0.05, 0) is 30.7 Å². The summed E-state index contributed by atoms with van der Waals surface area (Å²) in [5, 5.41) is 16.2. The molecule has 1 aliphatic heterocycles. The molecule has 1 aliphatic rings. The second-order valence-electron chi connectivity index (χ2n) is 5.07. The first kappa shape index (κ1) is 15.1. The Morgan fingerprint density at radius 3 is 3.00 bits per heavy atom. The average Bonchev–Trinajstić information content (AvgIpc) is 2.90. The molecule has 0 aromatic carbocycles. The number of aliphatic hydroxyl groups is 1. The summed E-state index contributed by atoms with van der Waals surface area (Å²) in [6.45, 7) is 3.18. The molecule has 1 aromatic rings. The van der Waals surface area contributed by atoms with Gasteiger partial charge in [-0.2, -0.15) is 11.8 Å². The first-order valence-corrected chi connectivity index (χ1v) is 8.07. The molecule has 1 fully saturated rings. The van der Waals surface area contributed by atoms with E-state index in [4.69, 9.17) is 0 Å². The van der Waals surface area contributed by atoms with Crippen LogP contribution in [0.3, 0.4) is 0 Å². The molecule has 110 valence electrons. The smallest absolute Gasteiger partial charge is 0.252 e. The number of hydrogen-bond donors (Lipinski definition) is 3. The van der Waals surface area contributed by atoms with Gasteiger partial charge in [-0.3, -0.25) is 4.79 Å². The van der Waals surface area contributed by atoms with Crippen molar-refractivity contribution in [2.75, 3.05) is 29.9 Å². The minimum Gasteiger partial charge on any atom is -0.387 e. The molecule has 0 spiro atoms. The van der Waals surface area contributed by atoms with E-state index in [-0.39, 0.29) is 5.91 Å². The van der Waals surface area contributed by atoms with Crippen LogP contribution in [0.1, 0.15) is 30.1 Å². The molecule has 1 amide bonds. The van der Waals surface area contributed by atoms with Crippen molar-refractivity contribution >= 4 is 23.5 Å². The minimum absolute atomic E-state index is 0.100. The molecule has 1 unspecified atom stereocenters. The zero-order chi connectivity index (χ0) is 14.4. The SMILES string of the molecule is CCCNC(=O)c1ccc(NCC2(O)CCSC2)nc1. The van der Waals surface area contributed by atoms with Gasteiger partial charge >= 0.3 is 0 Å². The Labute approximate surface area is 123 Å². The fraction of sp³-hybridized carbons (Fsp3) is 0.571. The second-order valence-corrected chi connectivity index (χ2v) is 6.17. The second kappa shape index (κ2) is 6.95. The van der Waals surface area contributed by atoms with E-state index in [1.165, 1.54) is 0 Å². The number of thioether (sulfide) groups is 1. The van der Waals surface area contributed by atoms with E-state index < -0.39 is 5.60 Å². The number of hydrogen-bond acceptors (Lipinski definition) is 5. The number of anilines is 1. The molecule has 6 heteroatoms. The van der Waals surface area contributed by atoms with E-state index in [0.717, 1.165) is 24.3 Å². The largest absolute Gasteiger partial charge is 0.387 e. The van der Waals surface area contributed by atoms with Gasteiger partial charge in [-0.15, -0.1) is 0 Å². The maximum atomic E-state index is 11.7. The predicted octanol–water partition coefficient (Wildman–Crippen LogP) is 1.50. The Morgan fingerprint density at radius 1 is 1.55 bits per heavy atom. The van der Waals surface area contributed by atoms with Crippen LogP contribution < -0.4 is 10.6 Å². The topological polar surface area (TPSA) is 74.2 Å². The number of amides is 1. The quantitative estimate of drug-likeness (QED) is 0.741. The molecule has 0 radical (unpaired) electrons. The Kier molecular flexibility index (Phi) is 5.25. The molecule has 1 aromatic heterocycles. The molecular formula is C14H21N3O2S. The first-order chi connectivity index (χ1) is 9.63. The summed E-state index contributed by atoms with van der Waals surface area (Å²) < 4.78 is 0. The fourth-order valence-corrected chi connectivity index (χ4v) is 3.26. The highest BCUT2D eigenvalue weighted by molar-refractivity contribution is 7.99. The zero-order valence-corrected chi connectivity index (χ0v) is 12.5. The van der Waals surface area contributed by atoms with Gasteiger partial charge in [-0.25, -0.2) is 4.98 Å².